The second-order valence-electron chi connectivity index (χ2n) is 5.68. The topological polar surface area (TPSA) is 110 Å². The molecule has 3 heterocycles. The van der Waals surface area contributed by atoms with Crippen molar-refractivity contribution < 1.29 is 18.7 Å². The van der Waals surface area contributed by atoms with Crippen LogP contribution in [0.5, 0.6) is 0 Å². The molecule has 1 atom stereocenters. The number of aryl methyl sites for hydroxylation is 1. The molecule has 0 bridgehead atoms. The Balaban J connectivity index is 1.71. The highest BCUT2D eigenvalue weighted by atomic mass is 16.5. The summed E-state index contributed by atoms with van der Waals surface area (Å²) in [7, 11) is 0. The van der Waals surface area contributed by atoms with Crippen LogP contribution < -0.4 is 5.32 Å². The molecule has 25 heavy (non-hydrogen) atoms. The fourth-order valence-corrected chi connectivity index (χ4v) is 2.53. The molecular weight excluding hydrogens is 326 g/mol. The SMILES string of the molecule is CC(=O)NCc1ccnc([C@@H]2CN(C(=O)c3ncoc3C)CCO2)n1. The molecule has 1 aliphatic rings. The summed E-state index contributed by atoms with van der Waals surface area (Å²) in [6, 6.07) is 1.73. The minimum absolute atomic E-state index is 0.131. The quantitative estimate of drug-likeness (QED) is 0.865. The lowest BCUT2D eigenvalue weighted by Crippen LogP contribution is -2.43. The van der Waals surface area contributed by atoms with E-state index in [1.165, 1.54) is 13.3 Å². The number of carbonyl (C=O) groups is 2. The Labute approximate surface area is 144 Å². The van der Waals surface area contributed by atoms with Crippen LogP contribution in [0.1, 0.15) is 40.8 Å². The Morgan fingerprint density at radius 1 is 1.40 bits per heavy atom. The molecule has 2 aromatic heterocycles. The molecule has 1 saturated heterocycles. The number of nitrogens with zero attached hydrogens (tertiary/aromatic N) is 4. The highest BCUT2D eigenvalue weighted by Gasteiger charge is 2.29. The maximum absolute atomic E-state index is 12.6. The van der Waals surface area contributed by atoms with Gasteiger partial charge in [0.1, 0.15) is 11.9 Å². The van der Waals surface area contributed by atoms with Crippen LogP contribution in [0.25, 0.3) is 0 Å². The molecule has 0 saturated carbocycles. The van der Waals surface area contributed by atoms with Crippen molar-refractivity contribution in [3.63, 3.8) is 0 Å². The molecular formula is C16H19N5O4. The zero-order chi connectivity index (χ0) is 17.8. The Morgan fingerprint density at radius 3 is 2.96 bits per heavy atom. The number of oxazole rings is 1. The van der Waals surface area contributed by atoms with E-state index in [9.17, 15) is 9.59 Å². The smallest absolute Gasteiger partial charge is 0.276 e. The molecule has 132 valence electrons. The lowest BCUT2D eigenvalue weighted by Gasteiger charge is -2.31. The van der Waals surface area contributed by atoms with Crippen LogP contribution in [0.2, 0.25) is 0 Å². The predicted octanol–water partition coefficient (Wildman–Crippen LogP) is 0.623. The summed E-state index contributed by atoms with van der Waals surface area (Å²) in [5.41, 5.74) is 0.987. The number of carbonyl (C=O) groups excluding carboxylic acids is 2. The molecule has 9 heteroatoms. The van der Waals surface area contributed by atoms with E-state index in [-0.39, 0.29) is 11.8 Å². The van der Waals surface area contributed by atoms with Crippen LogP contribution in [0.15, 0.2) is 23.1 Å². The average molecular weight is 345 g/mol. The predicted molar refractivity (Wildman–Crippen MR) is 85.4 cm³/mol. The van der Waals surface area contributed by atoms with E-state index in [2.05, 4.69) is 20.3 Å². The third-order valence-corrected chi connectivity index (χ3v) is 3.84. The van der Waals surface area contributed by atoms with Crippen LogP contribution in [-0.4, -0.2) is 51.4 Å². The Bertz CT molecular complexity index is 775. The first-order valence-corrected chi connectivity index (χ1v) is 7.92. The second-order valence-corrected chi connectivity index (χ2v) is 5.68. The molecule has 2 amide bonds. The van der Waals surface area contributed by atoms with E-state index in [1.807, 2.05) is 0 Å². The van der Waals surface area contributed by atoms with Crippen molar-refractivity contribution in [3.8, 4) is 0 Å². The number of hydrogen-bond donors (Lipinski definition) is 1. The largest absolute Gasteiger partial charge is 0.448 e. The summed E-state index contributed by atoms with van der Waals surface area (Å²) < 4.78 is 10.8. The van der Waals surface area contributed by atoms with Crippen molar-refractivity contribution in [2.75, 3.05) is 19.7 Å². The molecule has 9 nitrogen and oxygen atoms in total. The Kier molecular flexibility index (Phi) is 5.03. The first-order chi connectivity index (χ1) is 12.0. The van der Waals surface area contributed by atoms with Gasteiger partial charge in [-0.1, -0.05) is 0 Å². The van der Waals surface area contributed by atoms with E-state index in [1.54, 1.807) is 24.1 Å². The molecule has 3 rings (SSSR count). The zero-order valence-corrected chi connectivity index (χ0v) is 14.1. The number of nitrogens with one attached hydrogen (secondary N) is 1. The third-order valence-electron chi connectivity index (χ3n) is 3.84. The molecule has 0 radical (unpaired) electrons. The molecule has 0 unspecified atom stereocenters. The lowest BCUT2D eigenvalue weighted by atomic mass is 10.2. The standard InChI is InChI=1S/C16H19N5O4/c1-10-14(19-9-25-10)16(23)21-5-6-24-13(8-21)15-17-4-3-12(20-15)7-18-11(2)22/h3-4,9,13H,5-8H2,1-2H3,(H,18,22)/t13-/m0/s1. The molecule has 1 fully saturated rings. The minimum atomic E-state index is -0.429. The van der Waals surface area contributed by atoms with Crippen molar-refractivity contribution >= 4 is 11.8 Å². The number of aromatic nitrogens is 3. The zero-order valence-electron chi connectivity index (χ0n) is 14.1. The summed E-state index contributed by atoms with van der Waals surface area (Å²) in [5, 5.41) is 2.69. The number of rotatable bonds is 4. The highest BCUT2D eigenvalue weighted by Crippen LogP contribution is 2.21. The Hall–Kier alpha value is -2.81. The van der Waals surface area contributed by atoms with Gasteiger partial charge in [-0.05, 0) is 13.0 Å². The van der Waals surface area contributed by atoms with Gasteiger partial charge in [-0.15, -0.1) is 0 Å². The maximum Gasteiger partial charge on any atom is 0.276 e. The highest BCUT2D eigenvalue weighted by molar-refractivity contribution is 5.93. The normalized spacial score (nSPS) is 17.4. The van der Waals surface area contributed by atoms with Gasteiger partial charge in [0.25, 0.3) is 5.91 Å². The average Bonchev–Trinajstić information content (AvgIpc) is 3.05. The van der Waals surface area contributed by atoms with Gasteiger partial charge in [0.2, 0.25) is 5.91 Å². The summed E-state index contributed by atoms with van der Waals surface area (Å²) in [4.78, 5) is 37.9. The molecule has 0 spiro atoms. The van der Waals surface area contributed by atoms with Gasteiger partial charge >= 0.3 is 0 Å². The van der Waals surface area contributed by atoms with Gasteiger partial charge in [-0.25, -0.2) is 15.0 Å². The molecule has 2 aromatic rings. The fraction of sp³-hybridized carbons (Fsp3) is 0.438. The summed E-state index contributed by atoms with van der Waals surface area (Å²) in [5.74, 6) is 0.640. The van der Waals surface area contributed by atoms with Gasteiger partial charge < -0.3 is 19.4 Å². The monoisotopic (exact) mass is 345 g/mol. The van der Waals surface area contributed by atoms with Gasteiger partial charge in [0.15, 0.2) is 17.9 Å². The number of hydrogen-bond acceptors (Lipinski definition) is 7. The van der Waals surface area contributed by atoms with Crippen molar-refractivity contribution in [1.29, 1.82) is 0 Å². The summed E-state index contributed by atoms with van der Waals surface area (Å²) in [6.45, 7) is 4.64. The van der Waals surface area contributed by atoms with Gasteiger partial charge in [0, 0.05) is 19.7 Å². The van der Waals surface area contributed by atoms with E-state index < -0.39 is 6.10 Å². The number of morpholine rings is 1. The minimum Gasteiger partial charge on any atom is -0.448 e. The molecule has 0 aliphatic carbocycles. The van der Waals surface area contributed by atoms with Crippen LogP contribution in [-0.2, 0) is 16.1 Å². The number of ether oxygens (including phenoxy) is 1. The van der Waals surface area contributed by atoms with E-state index in [0.717, 1.165) is 0 Å². The second kappa shape index (κ2) is 7.39. The fourth-order valence-electron chi connectivity index (χ4n) is 2.53. The maximum atomic E-state index is 12.6. The number of amides is 2. The first kappa shape index (κ1) is 17.0. The summed E-state index contributed by atoms with van der Waals surface area (Å²) >= 11 is 0. The van der Waals surface area contributed by atoms with Gasteiger partial charge in [-0.3, -0.25) is 9.59 Å². The van der Waals surface area contributed by atoms with Crippen molar-refractivity contribution in [3.05, 3.63) is 41.6 Å². The molecule has 1 N–H and O–H groups in total. The van der Waals surface area contributed by atoms with Crippen LogP contribution >= 0.6 is 0 Å². The first-order valence-electron chi connectivity index (χ1n) is 7.92. The van der Waals surface area contributed by atoms with Crippen LogP contribution in [0.3, 0.4) is 0 Å². The van der Waals surface area contributed by atoms with Gasteiger partial charge in [0.05, 0.1) is 25.4 Å². The Morgan fingerprint density at radius 2 is 2.24 bits per heavy atom. The van der Waals surface area contributed by atoms with E-state index in [4.69, 9.17) is 9.15 Å². The van der Waals surface area contributed by atoms with Gasteiger partial charge in [-0.2, -0.15) is 0 Å². The third kappa shape index (κ3) is 4.00. The van der Waals surface area contributed by atoms with Crippen molar-refractivity contribution in [2.45, 2.75) is 26.5 Å². The van der Waals surface area contributed by atoms with Crippen molar-refractivity contribution in [1.82, 2.24) is 25.2 Å². The van der Waals surface area contributed by atoms with Crippen molar-refractivity contribution in [2.24, 2.45) is 0 Å². The van der Waals surface area contributed by atoms with Crippen LogP contribution in [0, 0.1) is 6.92 Å². The lowest BCUT2D eigenvalue weighted by molar-refractivity contribution is -0.119. The molecule has 1 aliphatic heterocycles. The van der Waals surface area contributed by atoms with E-state index in [0.29, 0.717) is 49.2 Å². The van der Waals surface area contributed by atoms with E-state index >= 15 is 0 Å². The summed E-state index contributed by atoms with van der Waals surface area (Å²) in [6.07, 6.45) is 2.45. The molecule has 0 aromatic carbocycles. The van der Waals surface area contributed by atoms with Crippen LogP contribution in [0.4, 0.5) is 0 Å².